The van der Waals surface area contributed by atoms with Crippen LogP contribution in [0.1, 0.15) is 11.1 Å². The molecule has 0 unspecified atom stereocenters. The Hall–Kier alpha value is -3.79. The van der Waals surface area contributed by atoms with Crippen molar-refractivity contribution in [3.05, 3.63) is 82.1 Å². The zero-order valence-corrected chi connectivity index (χ0v) is 25.6. The van der Waals surface area contributed by atoms with Crippen molar-refractivity contribution < 1.29 is 34.2 Å². The first-order chi connectivity index (χ1) is 19.5. The maximum absolute atomic E-state index is 13.7. The van der Waals surface area contributed by atoms with Crippen LogP contribution in [-0.4, -0.2) is 65.6 Å². The second kappa shape index (κ2) is 11.8. The maximum atomic E-state index is 13.7. The van der Waals surface area contributed by atoms with Gasteiger partial charge in [-0.25, -0.2) is 21.8 Å². The third-order valence-corrected chi connectivity index (χ3v) is 9.98. The number of rotatable bonds is 11. The smallest absolute Gasteiger partial charge is 0.266 e. The van der Waals surface area contributed by atoms with Gasteiger partial charge < -0.3 is 4.74 Å². The molecule has 1 heterocycles. The Morgan fingerprint density at radius 2 is 1.48 bits per heavy atom. The van der Waals surface area contributed by atoms with E-state index in [4.69, 9.17) is 13.9 Å². The standard InChI is InChI=1S/C27H29N3O9S3/c1-18-15-20(16-19(2)25(18)38-13-14-39-41(4,34)35)26-28-24-8-6-5-7-23(24)27(31)30(26)22-11-9-21(10-12-22)29-42(36,37)17-40(3,32)33/h5-12,15-16,29H,13-14,17H2,1-4H3. The lowest BCUT2D eigenvalue weighted by atomic mass is 10.0. The highest BCUT2D eigenvalue weighted by Crippen LogP contribution is 2.31. The number of fused-ring (bicyclic) bond motifs is 1. The van der Waals surface area contributed by atoms with Crippen molar-refractivity contribution in [1.82, 2.24) is 9.55 Å². The van der Waals surface area contributed by atoms with E-state index in [1.165, 1.54) is 28.8 Å². The van der Waals surface area contributed by atoms with Crippen molar-refractivity contribution in [2.75, 3.05) is 35.5 Å². The molecule has 0 atom stereocenters. The Kier molecular flexibility index (Phi) is 8.78. The van der Waals surface area contributed by atoms with Crippen LogP contribution in [0, 0.1) is 13.8 Å². The van der Waals surface area contributed by atoms with Crippen molar-refractivity contribution in [3.8, 4) is 22.8 Å². The first kappa shape index (κ1) is 31.2. The number of aromatic nitrogens is 2. The number of sulfonamides is 1. The molecule has 0 fully saturated rings. The lowest BCUT2D eigenvalue weighted by molar-refractivity contribution is 0.220. The van der Waals surface area contributed by atoms with Gasteiger partial charge in [0.15, 0.2) is 14.9 Å². The second-order valence-electron chi connectivity index (χ2n) is 9.71. The Balaban J connectivity index is 1.76. The molecule has 0 spiro atoms. The number of nitrogens with zero attached hydrogens (tertiary/aromatic N) is 2. The van der Waals surface area contributed by atoms with E-state index in [2.05, 4.69) is 4.72 Å². The largest absolute Gasteiger partial charge is 0.491 e. The summed E-state index contributed by atoms with van der Waals surface area (Å²) >= 11 is 0. The number of hydrogen-bond acceptors (Lipinski definition) is 10. The van der Waals surface area contributed by atoms with Gasteiger partial charge in [-0.1, -0.05) is 12.1 Å². The van der Waals surface area contributed by atoms with Crippen LogP contribution in [0.15, 0.2) is 65.5 Å². The van der Waals surface area contributed by atoms with E-state index in [-0.39, 0.29) is 24.5 Å². The zero-order chi connectivity index (χ0) is 30.9. The summed E-state index contributed by atoms with van der Waals surface area (Å²) in [6, 6.07) is 16.4. The Morgan fingerprint density at radius 1 is 0.857 bits per heavy atom. The lowest BCUT2D eigenvalue weighted by Gasteiger charge is -2.17. The van der Waals surface area contributed by atoms with Crippen LogP contribution >= 0.6 is 0 Å². The van der Waals surface area contributed by atoms with E-state index in [0.29, 0.717) is 44.9 Å². The zero-order valence-electron chi connectivity index (χ0n) is 23.2. The van der Waals surface area contributed by atoms with Crippen LogP contribution in [0.5, 0.6) is 5.75 Å². The minimum Gasteiger partial charge on any atom is -0.491 e. The predicted molar refractivity (Wildman–Crippen MR) is 161 cm³/mol. The number of aryl methyl sites for hydroxylation is 2. The number of sulfone groups is 1. The molecule has 4 rings (SSSR count). The number of anilines is 1. The third-order valence-electron chi connectivity index (χ3n) is 5.89. The van der Waals surface area contributed by atoms with Crippen molar-refractivity contribution in [2.24, 2.45) is 0 Å². The summed E-state index contributed by atoms with van der Waals surface area (Å²) in [4.78, 5) is 18.5. The molecule has 0 aliphatic carbocycles. The van der Waals surface area contributed by atoms with E-state index >= 15 is 0 Å². The van der Waals surface area contributed by atoms with Crippen molar-refractivity contribution in [1.29, 1.82) is 0 Å². The van der Waals surface area contributed by atoms with Crippen LogP contribution in [0.25, 0.3) is 28.0 Å². The van der Waals surface area contributed by atoms with Crippen LogP contribution in [-0.2, 0) is 34.2 Å². The quantitative estimate of drug-likeness (QED) is 0.191. The van der Waals surface area contributed by atoms with Crippen molar-refractivity contribution in [3.63, 3.8) is 0 Å². The van der Waals surface area contributed by atoms with Gasteiger partial charge in [0.2, 0.25) is 10.0 Å². The molecule has 15 heteroatoms. The molecular weight excluding hydrogens is 607 g/mol. The molecule has 0 amide bonds. The molecule has 3 aromatic carbocycles. The molecule has 224 valence electrons. The Morgan fingerprint density at radius 3 is 2.07 bits per heavy atom. The minimum absolute atomic E-state index is 0.00726. The van der Waals surface area contributed by atoms with Crippen molar-refractivity contribution in [2.45, 2.75) is 13.8 Å². The number of nitrogens with one attached hydrogen (secondary N) is 1. The van der Waals surface area contributed by atoms with E-state index in [9.17, 15) is 30.0 Å². The van der Waals surface area contributed by atoms with E-state index < -0.39 is 35.1 Å². The average Bonchev–Trinajstić information content (AvgIpc) is 2.86. The van der Waals surface area contributed by atoms with Gasteiger partial charge in [0, 0.05) is 17.5 Å². The summed E-state index contributed by atoms with van der Waals surface area (Å²) in [7, 11) is -11.5. The molecule has 0 aliphatic heterocycles. The molecule has 0 bridgehead atoms. The highest BCUT2D eigenvalue weighted by Gasteiger charge is 2.20. The van der Waals surface area contributed by atoms with E-state index in [1.54, 1.807) is 36.4 Å². The molecule has 1 N–H and O–H groups in total. The monoisotopic (exact) mass is 635 g/mol. The minimum atomic E-state index is -4.16. The average molecular weight is 636 g/mol. The Bertz CT molecular complexity index is 2020. The summed E-state index contributed by atoms with van der Waals surface area (Å²) in [5.74, 6) is 0.860. The normalized spacial score (nSPS) is 12.4. The molecule has 12 nitrogen and oxygen atoms in total. The maximum Gasteiger partial charge on any atom is 0.266 e. The van der Waals surface area contributed by atoms with Gasteiger partial charge >= 0.3 is 0 Å². The van der Waals surface area contributed by atoms with Gasteiger partial charge in [-0.05, 0) is 73.5 Å². The first-order valence-electron chi connectivity index (χ1n) is 12.4. The summed E-state index contributed by atoms with van der Waals surface area (Å²) in [5.41, 5.74) is 2.68. The molecule has 4 aromatic rings. The number of benzene rings is 3. The fourth-order valence-corrected chi connectivity index (χ4v) is 7.73. The van der Waals surface area contributed by atoms with Crippen LogP contribution in [0.3, 0.4) is 0 Å². The predicted octanol–water partition coefficient (Wildman–Crippen LogP) is 2.77. The van der Waals surface area contributed by atoms with Gasteiger partial charge in [0.05, 0.1) is 22.8 Å². The van der Waals surface area contributed by atoms with Crippen LogP contribution in [0.2, 0.25) is 0 Å². The summed E-state index contributed by atoms with van der Waals surface area (Å²) < 4.78 is 84.0. The van der Waals surface area contributed by atoms with E-state index in [0.717, 1.165) is 12.5 Å². The molecule has 42 heavy (non-hydrogen) atoms. The van der Waals surface area contributed by atoms with Crippen molar-refractivity contribution >= 4 is 46.6 Å². The highest BCUT2D eigenvalue weighted by atomic mass is 32.3. The summed E-state index contributed by atoms with van der Waals surface area (Å²) in [5, 5.41) is -0.693. The van der Waals surface area contributed by atoms with Gasteiger partial charge in [-0.3, -0.25) is 18.3 Å². The molecule has 1 aromatic heterocycles. The third kappa shape index (κ3) is 7.73. The first-order valence-corrected chi connectivity index (χ1v) is 18.0. The molecule has 0 radical (unpaired) electrons. The summed E-state index contributed by atoms with van der Waals surface area (Å²) in [6.07, 6.45) is 1.78. The topological polar surface area (TPSA) is 168 Å². The number of ether oxygens (including phenoxy) is 1. The van der Waals surface area contributed by atoms with E-state index in [1.807, 2.05) is 13.8 Å². The molecule has 0 saturated carbocycles. The fourth-order valence-electron chi connectivity index (χ4n) is 4.37. The SMILES string of the molecule is Cc1cc(-c2nc3ccccc3c(=O)n2-c2ccc(NS(=O)(=O)CS(C)(=O)=O)cc2)cc(C)c1OCCOS(C)(=O)=O. The van der Waals surface area contributed by atoms with Gasteiger partial charge in [0.1, 0.15) is 24.8 Å². The van der Waals surface area contributed by atoms with Gasteiger partial charge in [-0.2, -0.15) is 8.42 Å². The number of para-hydroxylation sites is 1. The summed E-state index contributed by atoms with van der Waals surface area (Å²) in [6.45, 7) is 3.48. The molecule has 0 saturated heterocycles. The fraction of sp³-hybridized carbons (Fsp3) is 0.259. The van der Waals surface area contributed by atoms with Crippen LogP contribution < -0.4 is 15.0 Å². The Labute approximate surface area is 244 Å². The molecule has 0 aliphatic rings. The van der Waals surface area contributed by atoms with Gasteiger partial charge in [-0.15, -0.1) is 0 Å². The highest BCUT2D eigenvalue weighted by molar-refractivity contribution is 8.08. The van der Waals surface area contributed by atoms with Gasteiger partial charge in [0.25, 0.3) is 15.7 Å². The second-order valence-corrected chi connectivity index (χ2v) is 15.6. The lowest BCUT2D eigenvalue weighted by Crippen LogP contribution is -2.23. The van der Waals surface area contributed by atoms with Crippen LogP contribution in [0.4, 0.5) is 5.69 Å². The number of hydrogen-bond donors (Lipinski definition) is 1. The molecular formula is C27H29N3O9S3.